The van der Waals surface area contributed by atoms with Gasteiger partial charge in [0, 0.05) is 12.8 Å². The number of hydrogen-bond donors (Lipinski definition) is 1. The van der Waals surface area contributed by atoms with Crippen LogP contribution in [0, 0.1) is 11.3 Å². The van der Waals surface area contributed by atoms with E-state index in [1.54, 1.807) is 25.3 Å². The number of ether oxygens (including phenoxy) is 2. The summed E-state index contributed by atoms with van der Waals surface area (Å²) in [6.07, 6.45) is 6.61. The summed E-state index contributed by atoms with van der Waals surface area (Å²) in [5.41, 5.74) is 0.260. The van der Waals surface area contributed by atoms with Crippen molar-refractivity contribution in [1.29, 1.82) is 5.26 Å². The van der Waals surface area contributed by atoms with E-state index in [0.29, 0.717) is 23.6 Å². The molecule has 5 heteroatoms. The Labute approximate surface area is 144 Å². The summed E-state index contributed by atoms with van der Waals surface area (Å²) < 4.78 is 11.2. The Balaban J connectivity index is 2.14. The normalized spacial score (nSPS) is 16.7. The second kappa shape index (κ2) is 8.70. The Hall–Kier alpha value is -2.06. The SMILES string of the molecule is CCCOc1ccc(NC(=O)C2(OC)CCCCCC2)cc1C#N. The summed E-state index contributed by atoms with van der Waals surface area (Å²) in [4.78, 5) is 12.8. The quantitative estimate of drug-likeness (QED) is 0.800. The minimum absolute atomic E-state index is 0.127. The molecule has 1 aliphatic carbocycles. The molecule has 0 heterocycles. The standard InChI is InChI=1S/C19H26N2O3/c1-3-12-24-17-9-8-16(13-15(17)14-20)21-18(22)19(23-2)10-6-4-5-7-11-19/h8-9,13H,3-7,10-12H2,1-2H3,(H,21,22). The maximum atomic E-state index is 12.8. The highest BCUT2D eigenvalue weighted by Crippen LogP contribution is 2.32. The summed E-state index contributed by atoms with van der Waals surface area (Å²) in [6.45, 7) is 2.57. The van der Waals surface area contributed by atoms with Crippen molar-refractivity contribution in [3.05, 3.63) is 23.8 Å². The third kappa shape index (κ3) is 4.27. The van der Waals surface area contributed by atoms with Crippen molar-refractivity contribution in [1.82, 2.24) is 0 Å². The van der Waals surface area contributed by atoms with Crippen molar-refractivity contribution >= 4 is 11.6 Å². The molecule has 24 heavy (non-hydrogen) atoms. The van der Waals surface area contributed by atoms with Gasteiger partial charge in [-0.05, 0) is 37.5 Å². The van der Waals surface area contributed by atoms with E-state index in [-0.39, 0.29) is 5.91 Å². The van der Waals surface area contributed by atoms with E-state index in [2.05, 4.69) is 11.4 Å². The van der Waals surface area contributed by atoms with Gasteiger partial charge >= 0.3 is 0 Å². The topological polar surface area (TPSA) is 71.3 Å². The largest absolute Gasteiger partial charge is 0.492 e. The van der Waals surface area contributed by atoms with Crippen LogP contribution in [0.1, 0.15) is 57.4 Å². The highest BCUT2D eigenvalue weighted by Gasteiger charge is 2.38. The first kappa shape index (κ1) is 18.3. The van der Waals surface area contributed by atoms with Crippen molar-refractivity contribution in [2.45, 2.75) is 57.5 Å². The predicted molar refractivity (Wildman–Crippen MR) is 93.0 cm³/mol. The molecule has 130 valence electrons. The first-order chi connectivity index (χ1) is 11.6. The zero-order valence-electron chi connectivity index (χ0n) is 14.6. The number of hydrogen-bond acceptors (Lipinski definition) is 4. The second-order valence-corrected chi connectivity index (χ2v) is 6.24. The van der Waals surface area contributed by atoms with Crippen LogP contribution in [-0.4, -0.2) is 25.2 Å². The van der Waals surface area contributed by atoms with Crippen LogP contribution >= 0.6 is 0 Å². The van der Waals surface area contributed by atoms with E-state index < -0.39 is 5.60 Å². The second-order valence-electron chi connectivity index (χ2n) is 6.24. The molecular formula is C19H26N2O3. The van der Waals surface area contributed by atoms with Crippen LogP contribution in [0.5, 0.6) is 5.75 Å². The van der Waals surface area contributed by atoms with Gasteiger partial charge in [0.25, 0.3) is 5.91 Å². The highest BCUT2D eigenvalue weighted by atomic mass is 16.5. The van der Waals surface area contributed by atoms with Crippen LogP contribution in [0.2, 0.25) is 0 Å². The first-order valence-corrected chi connectivity index (χ1v) is 8.69. The highest BCUT2D eigenvalue weighted by molar-refractivity contribution is 5.97. The zero-order valence-corrected chi connectivity index (χ0v) is 14.6. The molecule has 1 aromatic carbocycles. The molecule has 0 bridgehead atoms. The lowest BCUT2D eigenvalue weighted by atomic mass is 9.93. The minimum atomic E-state index is -0.763. The van der Waals surface area contributed by atoms with E-state index in [4.69, 9.17) is 9.47 Å². The van der Waals surface area contributed by atoms with Crippen molar-refractivity contribution in [2.24, 2.45) is 0 Å². The fourth-order valence-corrected chi connectivity index (χ4v) is 3.10. The average Bonchev–Trinajstić information content (AvgIpc) is 2.87. The number of nitriles is 1. The van der Waals surface area contributed by atoms with Crippen molar-refractivity contribution in [3.8, 4) is 11.8 Å². The van der Waals surface area contributed by atoms with Gasteiger partial charge in [-0.2, -0.15) is 5.26 Å². The molecule has 5 nitrogen and oxygen atoms in total. The van der Waals surface area contributed by atoms with Crippen LogP contribution in [-0.2, 0) is 9.53 Å². The third-order valence-electron chi connectivity index (χ3n) is 4.54. The van der Waals surface area contributed by atoms with Gasteiger partial charge in [0.2, 0.25) is 0 Å². The molecule has 1 N–H and O–H groups in total. The van der Waals surface area contributed by atoms with Gasteiger partial charge in [-0.3, -0.25) is 4.79 Å². The summed E-state index contributed by atoms with van der Waals surface area (Å²) >= 11 is 0. The fourth-order valence-electron chi connectivity index (χ4n) is 3.10. The molecule has 1 saturated carbocycles. The van der Waals surface area contributed by atoms with Crippen molar-refractivity contribution in [3.63, 3.8) is 0 Å². The molecule has 0 spiro atoms. The molecule has 0 aliphatic heterocycles. The lowest BCUT2D eigenvalue weighted by Crippen LogP contribution is -2.44. The molecule has 0 saturated heterocycles. The Morgan fingerprint density at radius 1 is 1.29 bits per heavy atom. The summed E-state index contributed by atoms with van der Waals surface area (Å²) in [5, 5.41) is 12.2. The van der Waals surface area contributed by atoms with Gasteiger partial charge in [0.1, 0.15) is 17.4 Å². The van der Waals surface area contributed by atoms with E-state index in [1.165, 1.54) is 0 Å². The summed E-state index contributed by atoms with van der Waals surface area (Å²) in [6, 6.07) is 7.28. The predicted octanol–water partition coefficient (Wildman–Crippen LogP) is 4.02. The third-order valence-corrected chi connectivity index (χ3v) is 4.54. The molecule has 2 rings (SSSR count). The number of methoxy groups -OCH3 is 1. The van der Waals surface area contributed by atoms with Crippen LogP contribution in [0.4, 0.5) is 5.69 Å². The van der Waals surface area contributed by atoms with Crippen LogP contribution in [0.15, 0.2) is 18.2 Å². The Morgan fingerprint density at radius 3 is 2.58 bits per heavy atom. The number of nitrogens with zero attached hydrogens (tertiary/aromatic N) is 1. The first-order valence-electron chi connectivity index (χ1n) is 8.69. The molecule has 1 aromatic rings. The van der Waals surface area contributed by atoms with Crippen LogP contribution in [0.25, 0.3) is 0 Å². The smallest absolute Gasteiger partial charge is 0.256 e. The number of amides is 1. The number of carbonyl (C=O) groups is 1. The fraction of sp³-hybridized carbons (Fsp3) is 0.579. The monoisotopic (exact) mass is 330 g/mol. The van der Waals surface area contributed by atoms with Gasteiger partial charge < -0.3 is 14.8 Å². The molecule has 0 aromatic heterocycles. The molecular weight excluding hydrogens is 304 g/mol. The number of benzene rings is 1. The molecule has 0 atom stereocenters. The average molecular weight is 330 g/mol. The Kier molecular flexibility index (Phi) is 6.62. The summed E-state index contributed by atoms with van der Waals surface area (Å²) in [7, 11) is 1.60. The molecule has 0 unspecified atom stereocenters. The number of nitrogens with one attached hydrogen (secondary N) is 1. The molecule has 1 aliphatic rings. The van der Waals surface area contributed by atoms with Crippen molar-refractivity contribution < 1.29 is 14.3 Å². The number of carbonyl (C=O) groups excluding carboxylic acids is 1. The number of rotatable bonds is 6. The Morgan fingerprint density at radius 2 is 2.00 bits per heavy atom. The minimum Gasteiger partial charge on any atom is -0.492 e. The maximum absolute atomic E-state index is 12.8. The summed E-state index contributed by atoms with van der Waals surface area (Å²) in [5.74, 6) is 0.422. The van der Waals surface area contributed by atoms with Gasteiger partial charge in [-0.15, -0.1) is 0 Å². The van der Waals surface area contributed by atoms with Crippen LogP contribution in [0.3, 0.4) is 0 Å². The maximum Gasteiger partial charge on any atom is 0.256 e. The number of anilines is 1. The lowest BCUT2D eigenvalue weighted by Gasteiger charge is -2.29. The van der Waals surface area contributed by atoms with Gasteiger partial charge in [-0.1, -0.05) is 32.6 Å². The van der Waals surface area contributed by atoms with E-state index in [1.807, 2.05) is 6.92 Å². The molecule has 1 amide bonds. The molecule has 1 fully saturated rings. The van der Waals surface area contributed by atoms with Gasteiger partial charge in [0.15, 0.2) is 0 Å². The van der Waals surface area contributed by atoms with Crippen molar-refractivity contribution in [2.75, 3.05) is 19.0 Å². The molecule has 0 radical (unpaired) electrons. The van der Waals surface area contributed by atoms with E-state index in [9.17, 15) is 10.1 Å². The zero-order chi connectivity index (χ0) is 17.4. The lowest BCUT2D eigenvalue weighted by molar-refractivity contribution is -0.139. The van der Waals surface area contributed by atoms with Gasteiger partial charge in [-0.25, -0.2) is 0 Å². The van der Waals surface area contributed by atoms with E-state index in [0.717, 1.165) is 44.9 Å². The Bertz CT molecular complexity index is 599. The van der Waals surface area contributed by atoms with E-state index >= 15 is 0 Å². The van der Waals surface area contributed by atoms with Gasteiger partial charge in [0.05, 0.1) is 12.2 Å². The van der Waals surface area contributed by atoms with Crippen LogP contribution < -0.4 is 10.1 Å².